The largest absolute Gasteiger partial charge is 0.365 e. The van der Waals surface area contributed by atoms with E-state index in [1.54, 1.807) is 18.3 Å². The second-order valence-electron chi connectivity index (χ2n) is 6.67. The molecule has 3 aromatic rings. The third kappa shape index (κ3) is 3.77. The molecule has 0 spiro atoms. The van der Waals surface area contributed by atoms with Crippen LogP contribution in [0, 0.1) is 0 Å². The van der Waals surface area contributed by atoms with Gasteiger partial charge in [-0.05, 0) is 35.7 Å². The number of pyridine rings is 1. The monoisotopic (exact) mass is 359 g/mol. The van der Waals surface area contributed by atoms with Crippen molar-refractivity contribution in [2.24, 2.45) is 0 Å². The third-order valence-electron chi connectivity index (χ3n) is 4.86. The Morgan fingerprint density at radius 2 is 1.67 bits per heavy atom. The van der Waals surface area contributed by atoms with E-state index < -0.39 is 0 Å². The Balaban J connectivity index is 1.53. The summed E-state index contributed by atoms with van der Waals surface area (Å²) in [5.74, 6) is -0.215. The Kier molecular flexibility index (Phi) is 4.75. The lowest BCUT2D eigenvalue weighted by atomic mass is 9.99. The minimum Gasteiger partial charge on any atom is -0.365 e. The summed E-state index contributed by atoms with van der Waals surface area (Å²) in [6, 6.07) is 21.2. The van der Waals surface area contributed by atoms with Gasteiger partial charge < -0.3 is 14.8 Å². The Labute approximate surface area is 157 Å². The van der Waals surface area contributed by atoms with Crippen LogP contribution in [0.5, 0.6) is 0 Å². The molecule has 5 nitrogen and oxygen atoms in total. The SMILES string of the molecule is O=C(Cn1ccccc1=O)Nc1ccccc1N1CCc2ccccc2C1. The van der Waals surface area contributed by atoms with Crippen molar-refractivity contribution < 1.29 is 4.79 Å². The molecule has 0 fully saturated rings. The standard InChI is InChI=1S/C22H21N3O2/c26-21(16-25-13-6-5-11-22(25)27)23-19-9-3-4-10-20(19)24-14-12-17-7-1-2-8-18(17)15-24/h1-11,13H,12,14-16H2,(H,23,26). The van der Waals surface area contributed by atoms with Crippen molar-refractivity contribution in [2.45, 2.75) is 19.5 Å². The summed E-state index contributed by atoms with van der Waals surface area (Å²) in [5, 5.41) is 2.97. The van der Waals surface area contributed by atoms with E-state index in [4.69, 9.17) is 0 Å². The molecule has 1 aliphatic rings. The highest BCUT2D eigenvalue weighted by molar-refractivity contribution is 5.94. The molecule has 1 aliphatic heterocycles. The fourth-order valence-corrected chi connectivity index (χ4v) is 3.49. The molecule has 136 valence electrons. The highest BCUT2D eigenvalue weighted by atomic mass is 16.2. The van der Waals surface area contributed by atoms with Gasteiger partial charge in [0.2, 0.25) is 5.91 Å². The lowest BCUT2D eigenvalue weighted by Gasteiger charge is -2.32. The van der Waals surface area contributed by atoms with Crippen molar-refractivity contribution in [3.63, 3.8) is 0 Å². The van der Waals surface area contributed by atoms with Crippen LogP contribution in [-0.4, -0.2) is 17.0 Å². The van der Waals surface area contributed by atoms with Gasteiger partial charge in [-0.15, -0.1) is 0 Å². The molecule has 1 amide bonds. The second-order valence-corrected chi connectivity index (χ2v) is 6.67. The number of carbonyl (C=O) groups is 1. The van der Waals surface area contributed by atoms with Crippen LogP contribution in [0.2, 0.25) is 0 Å². The maximum Gasteiger partial charge on any atom is 0.250 e. The summed E-state index contributed by atoms with van der Waals surface area (Å²) >= 11 is 0. The zero-order chi connectivity index (χ0) is 18.6. The number of hydrogen-bond acceptors (Lipinski definition) is 3. The first-order valence-corrected chi connectivity index (χ1v) is 9.07. The van der Waals surface area contributed by atoms with Crippen molar-refractivity contribution in [1.29, 1.82) is 0 Å². The minimum atomic E-state index is -0.215. The maximum absolute atomic E-state index is 12.5. The Morgan fingerprint density at radius 3 is 2.52 bits per heavy atom. The Bertz CT molecular complexity index is 1030. The third-order valence-corrected chi connectivity index (χ3v) is 4.86. The number of fused-ring (bicyclic) bond motifs is 1. The summed E-state index contributed by atoms with van der Waals surface area (Å²) < 4.78 is 1.40. The fraction of sp³-hybridized carbons (Fsp3) is 0.182. The number of nitrogens with zero attached hydrogens (tertiary/aromatic N) is 2. The number of aromatic nitrogens is 1. The number of amides is 1. The molecule has 0 saturated heterocycles. The molecule has 0 bridgehead atoms. The lowest BCUT2D eigenvalue weighted by Crippen LogP contribution is -2.32. The van der Waals surface area contributed by atoms with Gasteiger partial charge in [0.15, 0.2) is 0 Å². The highest BCUT2D eigenvalue weighted by Gasteiger charge is 2.19. The molecule has 0 atom stereocenters. The second kappa shape index (κ2) is 7.50. The summed E-state index contributed by atoms with van der Waals surface area (Å²) in [6.07, 6.45) is 2.60. The topological polar surface area (TPSA) is 54.3 Å². The van der Waals surface area contributed by atoms with Gasteiger partial charge >= 0.3 is 0 Å². The first kappa shape index (κ1) is 17.1. The Hall–Kier alpha value is -3.34. The molecular weight excluding hydrogens is 338 g/mol. The van der Waals surface area contributed by atoms with Gasteiger partial charge in [-0.2, -0.15) is 0 Å². The quantitative estimate of drug-likeness (QED) is 0.779. The average molecular weight is 359 g/mol. The van der Waals surface area contributed by atoms with Crippen LogP contribution in [0.3, 0.4) is 0 Å². The van der Waals surface area contributed by atoms with E-state index in [9.17, 15) is 9.59 Å². The summed E-state index contributed by atoms with van der Waals surface area (Å²) in [4.78, 5) is 26.6. The van der Waals surface area contributed by atoms with E-state index >= 15 is 0 Å². The minimum absolute atomic E-state index is 0.00313. The smallest absolute Gasteiger partial charge is 0.250 e. The first-order chi connectivity index (χ1) is 13.2. The predicted molar refractivity (Wildman–Crippen MR) is 107 cm³/mol. The number of para-hydroxylation sites is 2. The zero-order valence-corrected chi connectivity index (χ0v) is 15.0. The van der Waals surface area contributed by atoms with Gasteiger partial charge in [0.05, 0.1) is 11.4 Å². The van der Waals surface area contributed by atoms with Crippen LogP contribution in [-0.2, 0) is 24.3 Å². The molecule has 0 unspecified atom stereocenters. The molecule has 0 aliphatic carbocycles. The number of anilines is 2. The summed E-state index contributed by atoms with van der Waals surface area (Å²) in [6.45, 7) is 1.72. The van der Waals surface area contributed by atoms with Crippen molar-refractivity contribution in [1.82, 2.24) is 4.57 Å². The lowest BCUT2D eigenvalue weighted by molar-refractivity contribution is -0.116. The summed E-state index contributed by atoms with van der Waals surface area (Å²) in [7, 11) is 0. The number of carbonyl (C=O) groups excluding carboxylic acids is 1. The van der Waals surface area contributed by atoms with Gasteiger partial charge in [0.1, 0.15) is 6.54 Å². The van der Waals surface area contributed by atoms with Crippen LogP contribution >= 0.6 is 0 Å². The molecule has 2 aromatic carbocycles. The predicted octanol–water partition coefficient (Wildman–Crippen LogP) is 3.05. The van der Waals surface area contributed by atoms with Crippen LogP contribution < -0.4 is 15.8 Å². The van der Waals surface area contributed by atoms with E-state index in [1.807, 2.05) is 24.3 Å². The number of hydrogen-bond donors (Lipinski definition) is 1. The van der Waals surface area contributed by atoms with E-state index in [-0.39, 0.29) is 18.0 Å². The molecule has 2 heterocycles. The molecule has 1 N–H and O–H groups in total. The van der Waals surface area contributed by atoms with Gasteiger partial charge in [-0.3, -0.25) is 9.59 Å². The zero-order valence-electron chi connectivity index (χ0n) is 15.0. The van der Waals surface area contributed by atoms with Crippen LogP contribution in [0.4, 0.5) is 11.4 Å². The molecule has 5 heteroatoms. The average Bonchev–Trinajstić information content (AvgIpc) is 2.70. The first-order valence-electron chi connectivity index (χ1n) is 9.07. The fourth-order valence-electron chi connectivity index (χ4n) is 3.49. The van der Waals surface area contributed by atoms with Crippen molar-refractivity contribution >= 4 is 17.3 Å². The van der Waals surface area contributed by atoms with Gasteiger partial charge in [-0.25, -0.2) is 0 Å². The molecule has 0 radical (unpaired) electrons. The van der Waals surface area contributed by atoms with Gasteiger partial charge in [0, 0.05) is 25.4 Å². The number of benzene rings is 2. The van der Waals surface area contributed by atoms with E-state index in [1.165, 1.54) is 21.8 Å². The molecule has 27 heavy (non-hydrogen) atoms. The Morgan fingerprint density at radius 1 is 0.926 bits per heavy atom. The van der Waals surface area contributed by atoms with E-state index in [2.05, 4.69) is 34.5 Å². The highest BCUT2D eigenvalue weighted by Crippen LogP contribution is 2.30. The molecule has 1 aromatic heterocycles. The van der Waals surface area contributed by atoms with Crippen LogP contribution in [0.1, 0.15) is 11.1 Å². The van der Waals surface area contributed by atoms with Crippen LogP contribution in [0.15, 0.2) is 77.7 Å². The van der Waals surface area contributed by atoms with Gasteiger partial charge in [-0.1, -0.05) is 42.5 Å². The maximum atomic E-state index is 12.5. The molecule has 4 rings (SSSR count). The number of nitrogens with one attached hydrogen (secondary N) is 1. The van der Waals surface area contributed by atoms with E-state index in [0.29, 0.717) is 0 Å². The number of rotatable bonds is 4. The van der Waals surface area contributed by atoms with Crippen LogP contribution in [0.25, 0.3) is 0 Å². The normalized spacial score (nSPS) is 13.1. The van der Waals surface area contributed by atoms with Crippen molar-refractivity contribution in [3.05, 3.63) is 94.4 Å². The molecular formula is C22H21N3O2. The summed E-state index contributed by atoms with van der Waals surface area (Å²) in [5.41, 5.74) is 4.29. The molecule has 0 saturated carbocycles. The van der Waals surface area contributed by atoms with Crippen molar-refractivity contribution in [3.8, 4) is 0 Å². The van der Waals surface area contributed by atoms with E-state index in [0.717, 1.165) is 30.9 Å². The van der Waals surface area contributed by atoms with Crippen molar-refractivity contribution in [2.75, 3.05) is 16.8 Å². The van der Waals surface area contributed by atoms with Gasteiger partial charge in [0.25, 0.3) is 5.56 Å².